The summed E-state index contributed by atoms with van der Waals surface area (Å²) in [7, 11) is 0. The lowest BCUT2D eigenvalue weighted by atomic mass is 10.1. The van der Waals surface area contributed by atoms with Gasteiger partial charge in [-0.25, -0.2) is 4.98 Å². The van der Waals surface area contributed by atoms with E-state index in [0.29, 0.717) is 33.7 Å². The van der Waals surface area contributed by atoms with Crippen molar-refractivity contribution in [2.45, 2.75) is 17.8 Å². The largest absolute Gasteiger partial charge is 0.355 e. The Morgan fingerprint density at radius 3 is 2.63 bits per heavy atom. The molecule has 8 heteroatoms. The first-order valence-electron chi connectivity index (χ1n) is 9.37. The summed E-state index contributed by atoms with van der Waals surface area (Å²) in [5, 5.41) is 4.58. The number of aryl methyl sites for hydroxylation is 1. The highest BCUT2D eigenvalue weighted by Gasteiger charge is 2.14. The molecule has 2 N–H and O–H groups in total. The minimum atomic E-state index is -0.212. The number of H-pyrrole nitrogens is 2. The molecule has 0 amide bonds. The van der Waals surface area contributed by atoms with Gasteiger partial charge in [-0.1, -0.05) is 71.5 Å². The third-order valence-electron chi connectivity index (χ3n) is 4.78. The summed E-state index contributed by atoms with van der Waals surface area (Å²) >= 11 is 1.35. The van der Waals surface area contributed by atoms with E-state index in [1.54, 1.807) is 0 Å². The molecule has 0 spiro atoms. The summed E-state index contributed by atoms with van der Waals surface area (Å²) in [6.07, 6.45) is 1.81. The van der Waals surface area contributed by atoms with Crippen LogP contribution in [0.25, 0.3) is 33.5 Å². The molecule has 3 aromatic heterocycles. The fraction of sp³-hybridized carbons (Fsp3) is 0.0909. The molecule has 0 bridgehead atoms. The number of benzene rings is 2. The molecule has 2 aromatic carbocycles. The molecular formula is C22H17N5O2S. The molecule has 0 saturated carbocycles. The quantitative estimate of drug-likeness (QED) is 0.322. The molecule has 148 valence electrons. The highest BCUT2D eigenvalue weighted by Crippen LogP contribution is 2.28. The van der Waals surface area contributed by atoms with Crippen molar-refractivity contribution in [2.24, 2.45) is 0 Å². The van der Waals surface area contributed by atoms with Gasteiger partial charge in [-0.05, 0) is 18.1 Å². The predicted octanol–water partition coefficient (Wildman–Crippen LogP) is 4.57. The van der Waals surface area contributed by atoms with E-state index in [4.69, 9.17) is 4.52 Å². The summed E-state index contributed by atoms with van der Waals surface area (Å²) in [6, 6.07) is 17.7. The van der Waals surface area contributed by atoms with E-state index in [1.165, 1.54) is 11.8 Å². The van der Waals surface area contributed by atoms with Crippen LogP contribution in [0.4, 0.5) is 0 Å². The van der Waals surface area contributed by atoms with Crippen LogP contribution < -0.4 is 5.56 Å². The molecule has 0 unspecified atom stereocenters. The Balaban J connectivity index is 1.41. The molecule has 7 nitrogen and oxygen atoms in total. The summed E-state index contributed by atoms with van der Waals surface area (Å²) in [5.74, 6) is 1.43. The monoisotopic (exact) mass is 415 g/mol. The number of nitrogens with zero attached hydrogens (tertiary/aromatic N) is 3. The number of thioether (sulfide) groups is 1. The smallest absolute Gasteiger partial charge is 0.275 e. The number of aromatic nitrogens is 5. The fourth-order valence-corrected chi connectivity index (χ4v) is 3.98. The maximum absolute atomic E-state index is 12.5. The zero-order chi connectivity index (χ0) is 20.5. The minimum absolute atomic E-state index is 0.212. The summed E-state index contributed by atoms with van der Waals surface area (Å²) in [6.45, 7) is 2.01. The van der Waals surface area contributed by atoms with Crippen LogP contribution in [0.2, 0.25) is 0 Å². The fourth-order valence-electron chi connectivity index (χ4n) is 3.28. The lowest BCUT2D eigenvalue weighted by molar-refractivity contribution is 0.391. The second kappa shape index (κ2) is 7.64. The molecule has 3 heterocycles. The number of rotatable bonds is 5. The maximum Gasteiger partial charge on any atom is 0.275 e. The van der Waals surface area contributed by atoms with Crippen LogP contribution in [0.15, 0.2) is 75.3 Å². The van der Waals surface area contributed by atoms with Gasteiger partial charge in [0.05, 0.1) is 5.75 Å². The van der Waals surface area contributed by atoms with E-state index in [1.807, 2.05) is 67.7 Å². The Kier molecular flexibility index (Phi) is 4.68. The standard InChI is InChI=1S/C22H17N5O2S/c1-13-7-5-6-10-15(13)20-24-17(29-27-20)12-30-22-25-18-16(14-8-3-2-4-9-14)11-23-19(18)21(28)26-22/h2-11,23H,12H2,1H3,(H,25,26,28). The third kappa shape index (κ3) is 3.42. The summed E-state index contributed by atoms with van der Waals surface area (Å²) < 4.78 is 5.38. The molecule has 0 aliphatic heterocycles. The van der Waals surface area contributed by atoms with Gasteiger partial charge in [-0.3, -0.25) is 9.78 Å². The van der Waals surface area contributed by atoms with Crippen LogP contribution in [0.3, 0.4) is 0 Å². The van der Waals surface area contributed by atoms with Gasteiger partial charge in [-0.15, -0.1) is 0 Å². The normalized spacial score (nSPS) is 11.2. The Morgan fingerprint density at radius 2 is 1.80 bits per heavy atom. The predicted molar refractivity (Wildman–Crippen MR) is 116 cm³/mol. The SMILES string of the molecule is Cc1ccccc1-c1noc(CSc2nc3c(-c4ccccc4)c[nH]c3c(=O)[nH]2)n1. The number of hydrogen-bond donors (Lipinski definition) is 2. The lowest BCUT2D eigenvalue weighted by Gasteiger charge is -2.01. The van der Waals surface area contributed by atoms with E-state index in [-0.39, 0.29) is 5.56 Å². The Bertz CT molecular complexity index is 1390. The first-order valence-corrected chi connectivity index (χ1v) is 10.4. The molecule has 0 radical (unpaired) electrons. The van der Waals surface area contributed by atoms with Gasteiger partial charge in [0.15, 0.2) is 5.16 Å². The van der Waals surface area contributed by atoms with Crippen LogP contribution >= 0.6 is 11.8 Å². The Morgan fingerprint density at radius 1 is 1.00 bits per heavy atom. The van der Waals surface area contributed by atoms with Crippen molar-refractivity contribution >= 4 is 22.8 Å². The molecule has 0 fully saturated rings. The third-order valence-corrected chi connectivity index (χ3v) is 5.64. The molecular weight excluding hydrogens is 398 g/mol. The zero-order valence-corrected chi connectivity index (χ0v) is 16.9. The van der Waals surface area contributed by atoms with Crippen molar-refractivity contribution in [2.75, 3.05) is 0 Å². The van der Waals surface area contributed by atoms with Crippen LogP contribution in [-0.4, -0.2) is 25.1 Å². The molecule has 0 aliphatic rings. The second-order valence-corrected chi connectivity index (χ2v) is 7.74. The topological polar surface area (TPSA) is 100 Å². The van der Waals surface area contributed by atoms with Crippen LogP contribution in [0.1, 0.15) is 11.5 Å². The van der Waals surface area contributed by atoms with E-state index < -0.39 is 0 Å². The average Bonchev–Trinajstić information content (AvgIpc) is 3.41. The Labute approximate surface area is 175 Å². The van der Waals surface area contributed by atoms with Gasteiger partial charge in [-0.2, -0.15) is 4.98 Å². The van der Waals surface area contributed by atoms with Crippen molar-refractivity contribution in [3.8, 4) is 22.5 Å². The highest BCUT2D eigenvalue weighted by atomic mass is 32.2. The molecule has 0 saturated heterocycles. The van der Waals surface area contributed by atoms with Crippen molar-refractivity contribution in [1.82, 2.24) is 25.1 Å². The van der Waals surface area contributed by atoms with E-state index in [2.05, 4.69) is 25.1 Å². The van der Waals surface area contributed by atoms with Gasteiger partial charge in [0.2, 0.25) is 11.7 Å². The molecule has 0 atom stereocenters. The number of nitrogens with one attached hydrogen (secondary N) is 2. The lowest BCUT2D eigenvalue weighted by Crippen LogP contribution is -2.09. The second-order valence-electron chi connectivity index (χ2n) is 6.78. The van der Waals surface area contributed by atoms with Crippen molar-refractivity contribution in [1.29, 1.82) is 0 Å². The molecule has 5 aromatic rings. The maximum atomic E-state index is 12.5. The highest BCUT2D eigenvalue weighted by molar-refractivity contribution is 7.98. The summed E-state index contributed by atoms with van der Waals surface area (Å²) in [4.78, 5) is 27.4. The first-order chi connectivity index (χ1) is 14.7. The van der Waals surface area contributed by atoms with Crippen molar-refractivity contribution in [3.63, 3.8) is 0 Å². The number of aromatic amines is 2. The van der Waals surface area contributed by atoms with Gasteiger partial charge in [0.1, 0.15) is 11.0 Å². The van der Waals surface area contributed by atoms with Crippen LogP contribution in [-0.2, 0) is 5.75 Å². The zero-order valence-electron chi connectivity index (χ0n) is 16.0. The average molecular weight is 415 g/mol. The number of fused-ring (bicyclic) bond motifs is 1. The summed E-state index contributed by atoms with van der Waals surface area (Å²) in [5.41, 5.74) is 4.78. The van der Waals surface area contributed by atoms with E-state index in [0.717, 1.165) is 22.3 Å². The Hall–Kier alpha value is -3.65. The van der Waals surface area contributed by atoms with E-state index >= 15 is 0 Å². The van der Waals surface area contributed by atoms with Crippen LogP contribution in [0.5, 0.6) is 0 Å². The van der Waals surface area contributed by atoms with Crippen molar-refractivity contribution in [3.05, 3.63) is 82.6 Å². The molecule has 30 heavy (non-hydrogen) atoms. The van der Waals surface area contributed by atoms with Gasteiger partial charge in [0.25, 0.3) is 5.56 Å². The van der Waals surface area contributed by atoms with Gasteiger partial charge < -0.3 is 9.51 Å². The van der Waals surface area contributed by atoms with E-state index in [9.17, 15) is 4.79 Å². The van der Waals surface area contributed by atoms with Crippen LogP contribution in [0, 0.1) is 6.92 Å². The van der Waals surface area contributed by atoms with Gasteiger partial charge >= 0.3 is 0 Å². The minimum Gasteiger partial charge on any atom is -0.355 e. The first kappa shape index (κ1) is 18.4. The molecule has 5 rings (SSSR count). The molecule has 0 aliphatic carbocycles. The van der Waals surface area contributed by atoms with Crippen molar-refractivity contribution < 1.29 is 4.52 Å². The van der Waals surface area contributed by atoms with Gasteiger partial charge in [0, 0.05) is 17.3 Å². The number of hydrogen-bond acceptors (Lipinski definition) is 6.